The van der Waals surface area contributed by atoms with Gasteiger partial charge >= 0.3 is 0 Å². The Labute approximate surface area is 104 Å². The van der Waals surface area contributed by atoms with Gasteiger partial charge in [-0.25, -0.2) is 0 Å². The predicted molar refractivity (Wildman–Crippen MR) is 71.6 cm³/mol. The highest BCUT2D eigenvalue weighted by Gasteiger charge is 2.04. The van der Waals surface area contributed by atoms with E-state index in [1.54, 1.807) is 0 Å². The van der Waals surface area contributed by atoms with Crippen LogP contribution in [0.4, 0.5) is 0 Å². The summed E-state index contributed by atoms with van der Waals surface area (Å²) in [5, 5.41) is 0. The van der Waals surface area contributed by atoms with Gasteiger partial charge in [-0.15, -0.1) is 12.6 Å². The molecule has 0 N–H and O–H groups in total. The fourth-order valence-corrected chi connectivity index (χ4v) is 2.26. The van der Waals surface area contributed by atoms with Crippen molar-refractivity contribution in [1.29, 1.82) is 0 Å². The van der Waals surface area contributed by atoms with Gasteiger partial charge in [0.05, 0.1) is 0 Å². The third-order valence-electron chi connectivity index (χ3n) is 2.31. The molecular formula is C13H11BrS. The van der Waals surface area contributed by atoms with E-state index in [4.69, 9.17) is 0 Å². The van der Waals surface area contributed by atoms with Gasteiger partial charge in [-0.05, 0) is 40.0 Å². The van der Waals surface area contributed by atoms with Gasteiger partial charge in [0, 0.05) is 9.37 Å². The van der Waals surface area contributed by atoms with Crippen LogP contribution in [-0.2, 0) is 0 Å². The van der Waals surface area contributed by atoms with E-state index in [9.17, 15) is 0 Å². The van der Waals surface area contributed by atoms with Crippen molar-refractivity contribution in [2.24, 2.45) is 0 Å². The highest BCUT2D eigenvalue weighted by Crippen LogP contribution is 2.32. The van der Waals surface area contributed by atoms with Crippen molar-refractivity contribution in [3.63, 3.8) is 0 Å². The van der Waals surface area contributed by atoms with E-state index in [-0.39, 0.29) is 0 Å². The molecule has 0 radical (unpaired) electrons. The first kappa shape index (κ1) is 10.8. The highest BCUT2D eigenvalue weighted by atomic mass is 79.9. The molecular weight excluding hydrogens is 268 g/mol. The fraction of sp³-hybridized carbons (Fsp3) is 0.0769. The molecule has 0 saturated carbocycles. The van der Waals surface area contributed by atoms with Crippen LogP contribution in [0.25, 0.3) is 11.1 Å². The Kier molecular flexibility index (Phi) is 3.17. The molecule has 2 aromatic carbocycles. The number of hydrogen-bond donors (Lipinski definition) is 1. The lowest BCUT2D eigenvalue weighted by Gasteiger charge is -2.07. The second-order valence-electron chi connectivity index (χ2n) is 3.51. The third kappa shape index (κ3) is 2.27. The molecule has 0 heterocycles. The van der Waals surface area contributed by atoms with Gasteiger partial charge in [0.25, 0.3) is 0 Å². The maximum atomic E-state index is 4.40. The van der Waals surface area contributed by atoms with Gasteiger partial charge in [0.15, 0.2) is 0 Å². The van der Waals surface area contributed by atoms with E-state index in [0.29, 0.717) is 0 Å². The molecule has 0 fully saturated rings. The van der Waals surface area contributed by atoms with Gasteiger partial charge in [0.1, 0.15) is 0 Å². The van der Waals surface area contributed by atoms with Crippen LogP contribution in [0.3, 0.4) is 0 Å². The second-order valence-corrected chi connectivity index (χ2v) is 4.78. The van der Waals surface area contributed by atoms with Crippen molar-refractivity contribution < 1.29 is 0 Å². The van der Waals surface area contributed by atoms with E-state index >= 15 is 0 Å². The molecule has 0 saturated heterocycles. The van der Waals surface area contributed by atoms with Crippen LogP contribution in [0, 0.1) is 6.92 Å². The average Bonchev–Trinajstić information content (AvgIpc) is 2.22. The zero-order chi connectivity index (χ0) is 10.8. The molecule has 0 spiro atoms. The Hall–Kier alpha value is -0.730. The largest absolute Gasteiger partial charge is 0.142 e. The summed E-state index contributed by atoms with van der Waals surface area (Å²) in [6.07, 6.45) is 0. The predicted octanol–water partition coefficient (Wildman–Crippen LogP) is 4.71. The molecule has 0 aliphatic carbocycles. The van der Waals surface area contributed by atoms with Crippen LogP contribution < -0.4 is 0 Å². The smallest absolute Gasteiger partial charge is 0.0387 e. The Morgan fingerprint density at radius 1 is 1.07 bits per heavy atom. The topological polar surface area (TPSA) is 0 Å². The standard InChI is InChI=1S/C13H11BrS/c1-9-4-2-5-10(8-9)11-6-3-7-12(15)13(11)14/h2-8,15H,1H3. The third-order valence-corrected chi connectivity index (χ3v) is 3.84. The lowest BCUT2D eigenvalue weighted by molar-refractivity contribution is 1.40. The SMILES string of the molecule is Cc1cccc(-c2cccc(S)c2Br)c1. The number of hydrogen-bond acceptors (Lipinski definition) is 1. The summed E-state index contributed by atoms with van der Waals surface area (Å²) in [7, 11) is 0. The minimum absolute atomic E-state index is 0.967. The molecule has 2 rings (SSSR count). The van der Waals surface area contributed by atoms with Gasteiger partial charge in [-0.3, -0.25) is 0 Å². The van der Waals surface area contributed by atoms with E-state index < -0.39 is 0 Å². The Balaban J connectivity index is 2.59. The van der Waals surface area contributed by atoms with Gasteiger partial charge in [-0.1, -0.05) is 42.0 Å². The molecule has 2 heteroatoms. The second kappa shape index (κ2) is 4.42. The summed E-state index contributed by atoms with van der Waals surface area (Å²) < 4.78 is 1.05. The monoisotopic (exact) mass is 278 g/mol. The minimum atomic E-state index is 0.967. The van der Waals surface area contributed by atoms with Crippen LogP contribution in [0.5, 0.6) is 0 Å². The number of halogens is 1. The molecule has 0 aliphatic rings. The Morgan fingerprint density at radius 3 is 2.53 bits per heavy atom. The molecule has 0 aliphatic heterocycles. The number of thiol groups is 1. The average molecular weight is 279 g/mol. The van der Waals surface area contributed by atoms with Crippen LogP contribution >= 0.6 is 28.6 Å². The van der Waals surface area contributed by atoms with Crippen LogP contribution in [0.2, 0.25) is 0 Å². The highest BCUT2D eigenvalue weighted by molar-refractivity contribution is 9.10. The summed E-state index contributed by atoms with van der Waals surface area (Å²) in [4.78, 5) is 0.967. The van der Waals surface area contributed by atoms with E-state index in [2.05, 4.69) is 65.8 Å². The van der Waals surface area contributed by atoms with Crippen molar-refractivity contribution in [1.82, 2.24) is 0 Å². The van der Waals surface area contributed by atoms with Crippen molar-refractivity contribution in [2.75, 3.05) is 0 Å². The summed E-state index contributed by atoms with van der Waals surface area (Å²) in [6.45, 7) is 2.10. The number of rotatable bonds is 1. The summed E-state index contributed by atoms with van der Waals surface area (Å²) in [6, 6.07) is 14.5. The van der Waals surface area contributed by atoms with Crippen molar-refractivity contribution in [2.45, 2.75) is 11.8 Å². The zero-order valence-corrected chi connectivity index (χ0v) is 10.8. The molecule has 0 bridgehead atoms. The van der Waals surface area contributed by atoms with Gasteiger partial charge < -0.3 is 0 Å². The first-order valence-corrected chi connectivity index (χ1v) is 5.97. The molecule has 15 heavy (non-hydrogen) atoms. The van der Waals surface area contributed by atoms with E-state index in [1.807, 2.05) is 12.1 Å². The van der Waals surface area contributed by atoms with Crippen LogP contribution in [0.1, 0.15) is 5.56 Å². The van der Waals surface area contributed by atoms with E-state index in [0.717, 1.165) is 9.37 Å². The van der Waals surface area contributed by atoms with Crippen LogP contribution in [-0.4, -0.2) is 0 Å². The normalized spacial score (nSPS) is 10.3. The number of benzene rings is 2. The lowest BCUT2D eigenvalue weighted by atomic mass is 10.0. The summed E-state index contributed by atoms with van der Waals surface area (Å²) in [5.74, 6) is 0. The van der Waals surface area contributed by atoms with Crippen molar-refractivity contribution in [3.8, 4) is 11.1 Å². The quantitative estimate of drug-likeness (QED) is 0.718. The Morgan fingerprint density at radius 2 is 1.80 bits per heavy atom. The van der Waals surface area contributed by atoms with Crippen molar-refractivity contribution in [3.05, 3.63) is 52.5 Å². The molecule has 0 nitrogen and oxygen atoms in total. The minimum Gasteiger partial charge on any atom is -0.142 e. The molecule has 0 unspecified atom stereocenters. The first-order chi connectivity index (χ1) is 7.18. The lowest BCUT2D eigenvalue weighted by Crippen LogP contribution is -1.82. The molecule has 76 valence electrons. The van der Waals surface area contributed by atoms with Gasteiger partial charge in [0.2, 0.25) is 0 Å². The summed E-state index contributed by atoms with van der Waals surface area (Å²) >= 11 is 7.96. The van der Waals surface area contributed by atoms with Crippen molar-refractivity contribution >= 4 is 28.6 Å². The zero-order valence-electron chi connectivity index (χ0n) is 8.37. The maximum absolute atomic E-state index is 4.40. The molecule has 0 aromatic heterocycles. The first-order valence-electron chi connectivity index (χ1n) is 4.73. The number of aryl methyl sites for hydroxylation is 1. The molecule has 0 amide bonds. The van der Waals surface area contributed by atoms with E-state index in [1.165, 1.54) is 16.7 Å². The van der Waals surface area contributed by atoms with Gasteiger partial charge in [-0.2, -0.15) is 0 Å². The fourth-order valence-electron chi connectivity index (χ4n) is 1.56. The Bertz CT molecular complexity index is 492. The van der Waals surface area contributed by atoms with Crippen LogP contribution in [0.15, 0.2) is 51.8 Å². The summed E-state index contributed by atoms with van der Waals surface area (Å²) in [5.41, 5.74) is 3.67. The molecule has 0 atom stereocenters. The maximum Gasteiger partial charge on any atom is 0.0387 e. The molecule has 2 aromatic rings.